The number of piperidine rings is 1. The fourth-order valence-corrected chi connectivity index (χ4v) is 4.05. The van der Waals surface area contributed by atoms with Crippen molar-refractivity contribution in [1.82, 2.24) is 15.5 Å². The van der Waals surface area contributed by atoms with E-state index < -0.39 is 0 Å². The molecular weight excluding hydrogens is 376 g/mol. The molecule has 2 unspecified atom stereocenters. The van der Waals surface area contributed by atoms with E-state index in [9.17, 15) is 9.59 Å². The Morgan fingerprint density at radius 1 is 1.25 bits per heavy atom. The van der Waals surface area contributed by atoms with Crippen LogP contribution in [-0.2, 0) is 11.2 Å². The van der Waals surface area contributed by atoms with Crippen molar-refractivity contribution in [2.75, 3.05) is 25.4 Å². The zero-order valence-corrected chi connectivity index (χ0v) is 17.7. The van der Waals surface area contributed by atoms with Gasteiger partial charge in [0.05, 0.1) is 12.0 Å². The second kappa shape index (κ2) is 10.0. The summed E-state index contributed by atoms with van der Waals surface area (Å²) in [7, 11) is 0. The fraction of sp³-hybridized carbons (Fsp3) is 0.619. The average Bonchev–Trinajstić information content (AvgIpc) is 2.66. The molecular formula is C21H33ClN4O2. The Morgan fingerprint density at radius 3 is 2.79 bits per heavy atom. The van der Waals surface area contributed by atoms with E-state index in [1.807, 2.05) is 18.2 Å². The fourth-order valence-electron chi connectivity index (χ4n) is 4.05. The molecule has 0 bridgehead atoms. The SMILES string of the molecule is CC(C)CNC(=O)N1CCCC(C(=O)NC2CCCc3cc(N)ccc32)C1.Cl. The first-order chi connectivity index (χ1) is 12.9. The third-order valence-corrected chi connectivity index (χ3v) is 5.54. The summed E-state index contributed by atoms with van der Waals surface area (Å²) in [5, 5.41) is 6.19. The highest BCUT2D eigenvalue weighted by Crippen LogP contribution is 2.31. The lowest BCUT2D eigenvalue weighted by atomic mass is 9.86. The maximum atomic E-state index is 12.9. The Balaban J connectivity index is 0.00000280. The summed E-state index contributed by atoms with van der Waals surface area (Å²) in [6.07, 6.45) is 4.72. The molecule has 1 aromatic carbocycles. The Morgan fingerprint density at radius 2 is 2.04 bits per heavy atom. The van der Waals surface area contributed by atoms with E-state index in [-0.39, 0.29) is 36.3 Å². The van der Waals surface area contributed by atoms with E-state index in [0.717, 1.165) is 44.3 Å². The van der Waals surface area contributed by atoms with Crippen LogP contribution < -0.4 is 16.4 Å². The number of carbonyl (C=O) groups is 2. The van der Waals surface area contributed by atoms with Gasteiger partial charge in [0.15, 0.2) is 0 Å². The molecule has 1 saturated heterocycles. The number of fused-ring (bicyclic) bond motifs is 1. The molecule has 1 aliphatic carbocycles. The van der Waals surface area contributed by atoms with Crippen LogP contribution in [0.1, 0.15) is 56.7 Å². The lowest BCUT2D eigenvalue weighted by molar-refractivity contribution is -0.127. The van der Waals surface area contributed by atoms with Crippen molar-refractivity contribution in [2.24, 2.45) is 11.8 Å². The molecule has 156 valence electrons. The number of nitrogens with one attached hydrogen (secondary N) is 2. The van der Waals surface area contributed by atoms with Gasteiger partial charge in [-0.1, -0.05) is 19.9 Å². The number of halogens is 1. The standard InChI is InChI=1S/C21H32N4O2.ClH/c1-14(2)12-23-21(27)25-10-4-6-16(13-25)20(26)24-19-7-3-5-15-11-17(22)8-9-18(15)19;/h8-9,11,14,16,19H,3-7,10,12-13,22H2,1-2H3,(H,23,27)(H,24,26);1H. The molecule has 3 rings (SSSR count). The van der Waals surface area contributed by atoms with E-state index in [0.29, 0.717) is 19.0 Å². The molecule has 1 aromatic rings. The first-order valence-electron chi connectivity index (χ1n) is 10.2. The van der Waals surface area contributed by atoms with Gasteiger partial charge in [-0.3, -0.25) is 4.79 Å². The predicted octanol–water partition coefficient (Wildman–Crippen LogP) is 3.26. The molecule has 0 radical (unpaired) electrons. The van der Waals surface area contributed by atoms with Crippen molar-refractivity contribution in [2.45, 2.75) is 52.0 Å². The predicted molar refractivity (Wildman–Crippen MR) is 114 cm³/mol. The summed E-state index contributed by atoms with van der Waals surface area (Å²) in [6, 6.07) is 5.97. The molecule has 28 heavy (non-hydrogen) atoms. The molecule has 1 fully saturated rings. The monoisotopic (exact) mass is 408 g/mol. The van der Waals surface area contributed by atoms with Crippen molar-refractivity contribution >= 4 is 30.0 Å². The first-order valence-corrected chi connectivity index (χ1v) is 10.2. The second-order valence-corrected chi connectivity index (χ2v) is 8.28. The number of nitrogen functional groups attached to an aromatic ring is 1. The van der Waals surface area contributed by atoms with Crippen molar-refractivity contribution in [3.63, 3.8) is 0 Å². The van der Waals surface area contributed by atoms with E-state index in [1.54, 1.807) is 4.90 Å². The number of likely N-dealkylation sites (tertiary alicyclic amines) is 1. The van der Waals surface area contributed by atoms with Gasteiger partial charge in [0.1, 0.15) is 0 Å². The average molecular weight is 409 g/mol. The van der Waals surface area contributed by atoms with Crippen LogP contribution in [0.15, 0.2) is 18.2 Å². The van der Waals surface area contributed by atoms with Crippen molar-refractivity contribution in [1.29, 1.82) is 0 Å². The lowest BCUT2D eigenvalue weighted by Gasteiger charge is -2.34. The minimum Gasteiger partial charge on any atom is -0.399 e. The topological polar surface area (TPSA) is 87.5 Å². The minimum absolute atomic E-state index is 0. The Kier molecular flexibility index (Phi) is 7.98. The molecule has 2 atom stereocenters. The molecule has 6 nitrogen and oxygen atoms in total. The third-order valence-electron chi connectivity index (χ3n) is 5.54. The number of hydrogen-bond donors (Lipinski definition) is 3. The van der Waals surface area contributed by atoms with Gasteiger partial charge in [-0.2, -0.15) is 0 Å². The zero-order chi connectivity index (χ0) is 19.4. The van der Waals surface area contributed by atoms with Crippen LogP contribution in [0.3, 0.4) is 0 Å². The van der Waals surface area contributed by atoms with Crippen LogP contribution in [-0.4, -0.2) is 36.5 Å². The summed E-state index contributed by atoms with van der Waals surface area (Å²) in [6.45, 7) is 6.02. The summed E-state index contributed by atoms with van der Waals surface area (Å²) < 4.78 is 0. The molecule has 0 aromatic heterocycles. The van der Waals surface area contributed by atoms with Gasteiger partial charge >= 0.3 is 6.03 Å². The quantitative estimate of drug-likeness (QED) is 0.668. The highest BCUT2D eigenvalue weighted by atomic mass is 35.5. The lowest BCUT2D eigenvalue weighted by Crippen LogP contribution is -2.49. The summed E-state index contributed by atoms with van der Waals surface area (Å²) >= 11 is 0. The Hall–Kier alpha value is -1.95. The number of nitrogens with zero attached hydrogens (tertiary/aromatic N) is 1. The van der Waals surface area contributed by atoms with Crippen LogP contribution in [0, 0.1) is 11.8 Å². The summed E-state index contributed by atoms with van der Waals surface area (Å²) in [4.78, 5) is 27.0. The summed E-state index contributed by atoms with van der Waals surface area (Å²) in [5.41, 5.74) is 9.10. The molecule has 1 heterocycles. The Bertz CT molecular complexity index is 695. The van der Waals surface area contributed by atoms with Gasteiger partial charge in [-0.15, -0.1) is 12.4 Å². The van der Waals surface area contributed by atoms with Crippen LogP contribution in [0.25, 0.3) is 0 Å². The number of aryl methyl sites for hydroxylation is 1. The van der Waals surface area contributed by atoms with Gasteiger partial charge in [-0.05, 0) is 61.3 Å². The minimum atomic E-state index is -0.136. The number of hydrogen-bond acceptors (Lipinski definition) is 3. The highest BCUT2D eigenvalue weighted by Gasteiger charge is 2.30. The number of rotatable bonds is 4. The maximum absolute atomic E-state index is 12.9. The number of benzene rings is 1. The third kappa shape index (κ3) is 5.53. The molecule has 2 aliphatic rings. The molecule has 0 saturated carbocycles. The number of amides is 3. The van der Waals surface area contributed by atoms with Gasteiger partial charge in [0.2, 0.25) is 5.91 Å². The van der Waals surface area contributed by atoms with Gasteiger partial charge in [-0.25, -0.2) is 4.79 Å². The zero-order valence-electron chi connectivity index (χ0n) is 16.9. The second-order valence-electron chi connectivity index (χ2n) is 8.28. The van der Waals surface area contributed by atoms with Crippen molar-refractivity contribution < 1.29 is 9.59 Å². The van der Waals surface area contributed by atoms with Crippen molar-refractivity contribution in [3.8, 4) is 0 Å². The molecule has 4 N–H and O–H groups in total. The number of urea groups is 1. The van der Waals surface area contributed by atoms with Gasteiger partial charge in [0.25, 0.3) is 0 Å². The van der Waals surface area contributed by atoms with E-state index in [4.69, 9.17) is 5.73 Å². The van der Waals surface area contributed by atoms with Crippen LogP contribution in [0.4, 0.5) is 10.5 Å². The van der Waals surface area contributed by atoms with Gasteiger partial charge in [0, 0.05) is 25.3 Å². The van der Waals surface area contributed by atoms with E-state index in [2.05, 4.69) is 24.5 Å². The highest BCUT2D eigenvalue weighted by molar-refractivity contribution is 5.85. The Labute approximate surface area is 174 Å². The maximum Gasteiger partial charge on any atom is 0.317 e. The molecule has 3 amide bonds. The molecule has 0 spiro atoms. The number of carbonyl (C=O) groups excluding carboxylic acids is 2. The molecule has 7 heteroatoms. The normalized spacial score (nSPS) is 21.5. The molecule has 1 aliphatic heterocycles. The van der Waals surface area contributed by atoms with E-state index >= 15 is 0 Å². The van der Waals surface area contributed by atoms with Gasteiger partial charge < -0.3 is 21.3 Å². The number of nitrogens with two attached hydrogens (primary N) is 1. The first kappa shape index (κ1) is 22.3. The van der Waals surface area contributed by atoms with Crippen LogP contribution in [0.2, 0.25) is 0 Å². The van der Waals surface area contributed by atoms with Crippen LogP contribution in [0.5, 0.6) is 0 Å². The van der Waals surface area contributed by atoms with Crippen molar-refractivity contribution in [3.05, 3.63) is 29.3 Å². The smallest absolute Gasteiger partial charge is 0.317 e. The largest absolute Gasteiger partial charge is 0.399 e. The van der Waals surface area contributed by atoms with E-state index in [1.165, 1.54) is 11.1 Å². The number of anilines is 1. The summed E-state index contributed by atoms with van der Waals surface area (Å²) in [5.74, 6) is 0.340. The van der Waals surface area contributed by atoms with Crippen LogP contribution >= 0.6 is 12.4 Å².